The predicted molar refractivity (Wildman–Crippen MR) is 98.6 cm³/mol. The molecule has 1 amide bonds. The van der Waals surface area contributed by atoms with Crippen LogP contribution >= 0.6 is 0 Å². The molecule has 0 radical (unpaired) electrons. The fourth-order valence-electron chi connectivity index (χ4n) is 3.30. The van der Waals surface area contributed by atoms with Gasteiger partial charge in [-0.1, -0.05) is 26.0 Å². The van der Waals surface area contributed by atoms with Crippen molar-refractivity contribution in [2.45, 2.75) is 38.3 Å². The number of nitrogens with one attached hydrogen (secondary N) is 1. The Kier molecular flexibility index (Phi) is 7.23. The van der Waals surface area contributed by atoms with Crippen molar-refractivity contribution < 1.29 is 14.3 Å². The van der Waals surface area contributed by atoms with Crippen LogP contribution in [0.25, 0.3) is 0 Å². The van der Waals surface area contributed by atoms with Crippen molar-refractivity contribution in [3.63, 3.8) is 0 Å². The fraction of sp³-hybridized carbons (Fsp3) is 0.632. The molecule has 1 atom stereocenters. The van der Waals surface area contributed by atoms with Crippen LogP contribution in [0.1, 0.15) is 38.3 Å². The molecule has 1 saturated heterocycles. The minimum Gasteiger partial charge on any atom is -0.497 e. The van der Waals surface area contributed by atoms with Gasteiger partial charge >= 0.3 is 0 Å². The number of benzene rings is 1. The van der Waals surface area contributed by atoms with E-state index in [1.54, 1.807) is 7.11 Å². The minimum atomic E-state index is -0.819. The lowest BCUT2D eigenvalue weighted by atomic mass is 9.90. The van der Waals surface area contributed by atoms with E-state index in [0.29, 0.717) is 32.6 Å². The first-order chi connectivity index (χ1) is 12.0. The lowest BCUT2D eigenvalue weighted by Gasteiger charge is -2.34. The third-order valence-corrected chi connectivity index (χ3v) is 5.02. The number of hydrogen-bond donors (Lipinski definition) is 2. The van der Waals surface area contributed by atoms with Gasteiger partial charge in [-0.25, -0.2) is 0 Å². The Bertz CT molecular complexity index is 555. The van der Waals surface area contributed by atoms with E-state index in [1.807, 2.05) is 18.2 Å². The van der Waals surface area contributed by atoms with Crippen molar-refractivity contribution in [3.05, 3.63) is 29.8 Å². The molecular formula is C19H31N3O3. The average molecular weight is 349 g/mol. The van der Waals surface area contributed by atoms with Crippen LogP contribution in [0, 0.1) is 0 Å². The van der Waals surface area contributed by atoms with E-state index in [1.165, 1.54) is 0 Å². The molecule has 2 rings (SSSR count). The lowest BCUT2D eigenvalue weighted by molar-refractivity contribution is -0.130. The molecule has 0 bridgehead atoms. The number of carbonyl (C=O) groups is 1. The SMILES string of the molecule is CCN(CC)C(CNC(=O)C1(N)CCOCC1)c1cccc(OC)c1. The Hall–Kier alpha value is -1.63. The van der Waals surface area contributed by atoms with Gasteiger partial charge in [-0.15, -0.1) is 0 Å². The molecule has 140 valence electrons. The van der Waals surface area contributed by atoms with E-state index in [9.17, 15) is 4.79 Å². The highest BCUT2D eigenvalue weighted by atomic mass is 16.5. The standard InChI is InChI=1S/C19H31N3O3/c1-4-22(5-2)17(15-7-6-8-16(13-15)24-3)14-21-18(23)19(20)9-11-25-12-10-19/h6-8,13,17H,4-5,9-12,14,20H2,1-3H3,(H,21,23). The molecule has 1 aromatic carbocycles. The second-order valence-corrected chi connectivity index (χ2v) is 6.49. The summed E-state index contributed by atoms with van der Waals surface area (Å²) in [6.07, 6.45) is 1.13. The zero-order valence-electron chi connectivity index (χ0n) is 15.6. The van der Waals surface area contributed by atoms with E-state index in [2.05, 4.69) is 30.1 Å². The van der Waals surface area contributed by atoms with Gasteiger partial charge in [0.1, 0.15) is 5.75 Å². The second kappa shape index (κ2) is 9.17. The largest absolute Gasteiger partial charge is 0.497 e. The summed E-state index contributed by atoms with van der Waals surface area (Å²) < 4.78 is 10.7. The summed E-state index contributed by atoms with van der Waals surface area (Å²) in [5, 5.41) is 3.08. The summed E-state index contributed by atoms with van der Waals surface area (Å²) in [6, 6.07) is 8.09. The van der Waals surface area contributed by atoms with Crippen LogP contribution in [0.15, 0.2) is 24.3 Å². The number of hydrogen-bond acceptors (Lipinski definition) is 5. The number of carbonyl (C=O) groups excluding carboxylic acids is 1. The molecule has 0 spiro atoms. The zero-order valence-corrected chi connectivity index (χ0v) is 15.6. The topological polar surface area (TPSA) is 76.8 Å². The molecule has 1 fully saturated rings. The van der Waals surface area contributed by atoms with E-state index in [-0.39, 0.29) is 11.9 Å². The summed E-state index contributed by atoms with van der Waals surface area (Å²) in [5.41, 5.74) is 6.60. The Morgan fingerprint density at radius 1 is 1.36 bits per heavy atom. The molecule has 1 aliphatic rings. The molecule has 0 saturated carbocycles. The van der Waals surface area contributed by atoms with Crippen LogP contribution in [0.3, 0.4) is 0 Å². The number of amides is 1. The van der Waals surface area contributed by atoms with Crippen LogP contribution in [-0.2, 0) is 9.53 Å². The van der Waals surface area contributed by atoms with Gasteiger partial charge in [-0.2, -0.15) is 0 Å². The quantitative estimate of drug-likeness (QED) is 0.747. The van der Waals surface area contributed by atoms with Crippen molar-refractivity contribution in [1.82, 2.24) is 10.2 Å². The van der Waals surface area contributed by atoms with E-state index >= 15 is 0 Å². The highest BCUT2D eigenvalue weighted by Gasteiger charge is 2.36. The molecule has 1 aliphatic heterocycles. The normalized spacial score (nSPS) is 18.0. The van der Waals surface area contributed by atoms with Gasteiger partial charge in [0.2, 0.25) is 5.91 Å². The number of ether oxygens (including phenoxy) is 2. The van der Waals surface area contributed by atoms with Crippen molar-refractivity contribution >= 4 is 5.91 Å². The van der Waals surface area contributed by atoms with Gasteiger partial charge in [0.15, 0.2) is 0 Å². The maximum Gasteiger partial charge on any atom is 0.240 e. The lowest BCUT2D eigenvalue weighted by Crippen LogP contribution is -2.57. The molecule has 3 N–H and O–H groups in total. The number of methoxy groups -OCH3 is 1. The molecular weight excluding hydrogens is 318 g/mol. The molecule has 25 heavy (non-hydrogen) atoms. The van der Waals surface area contributed by atoms with Crippen LogP contribution in [0.2, 0.25) is 0 Å². The molecule has 6 heteroatoms. The Balaban J connectivity index is 2.11. The summed E-state index contributed by atoms with van der Waals surface area (Å²) >= 11 is 0. The highest BCUT2D eigenvalue weighted by Crippen LogP contribution is 2.24. The van der Waals surface area contributed by atoms with E-state index < -0.39 is 5.54 Å². The fourth-order valence-corrected chi connectivity index (χ4v) is 3.30. The first kappa shape index (κ1) is 19.7. The van der Waals surface area contributed by atoms with Crippen LogP contribution in [0.5, 0.6) is 5.75 Å². The van der Waals surface area contributed by atoms with Crippen molar-refractivity contribution in [2.24, 2.45) is 5.73 Å². The van der Waals surface area contributed by atoms with Crippen LogP contribution in [0.4, 0.5) is 0 Å². The van der Waals surface area contributed by atoms with Gasteiger partial charge in [0, 0.05) is 19.8 Å². The average Bonchev–Trinajstić information content (AvgIpc) is 2.65. The Morgan fingerprint density at radius 2 is 2.04 bits per heavy atom. The molecule has 0 aliphatic carbocycles. The van der Waals surface area contributed by atoms with Gasteiger partial charge in [-0.05, 0) is 43.6 Å². The number of nitrogens with zero attached hydrogens (tertiary/aromatic N) is 1. The maximum atomic E-state index is 12.6. The first-order valence-electron chi connectivity index (χ1n) is 9.07. The summed E-state index contributed by atoms with van der Waals surface area (Å²) in [4.78, 5) is 15.0. The van der Waals surface area contributed by atoms with E-state index in [0.717, 1.165) is 24.4 Å². The Morgan fingerprint density at radius 3 is 2.64 bits per heavy atom. The summed E-state index contributed by atoms with van der Waals surface area (Å²) in [5.74, 6) is 0.733. The number of rotatable bonds is 8. The summed E-state index contributed by atoms with van der Waals surface area (Å²) in [7, 11) is 1.66. The second-order valence-electron chi connectivity index (χ2n) is 6.49. The molecule has 6 nitrogen and oxygen atoms in total. The number of nitrogens with two attached hydrogens (primary N) is 1. The Labute approximate surface area is 150 Å². The van der Waals surface area contributed by atoms with Crippen LogP contribution in [-0.4, -0.2) is 56.3 Å². The molecule has 1 heterocycles. The highest BCUT2D eigenvalue weighted by molar-refractivity contribution is 5.86. The first-order valence-corrected chi connectivity index (χ1v) is 9.07. The third-order valence-electron chi connectivity index (χ3n) is 5.02. The predicted octanol–water partition coefficient (Wildman–Crippen LogP) is 1.70. The van der Waals surface area contributed by atoms with Gasteiger partial charge in [-0.3, -0.25) is 9.69 Å². The van der Waals surface area contributed by atoms with Crippen molar-refractivity contribution in [1.29, 1.82) is 0 Å². The third kappa shape index (κ3) is 4.93. The number of likely N-dealkylation sites (N-methyl/N-ethyl adjacent to an activating group) is 1. The smallest absolute Gasteiger partial charge is 0.240 e. The molecule has 1 unspecified atom stereocenters. The zero-order chi connectivity index (χ0) is 18.3. The molecule has 1 aromatic rings. The van der Waals surface area contributed by atoms with Crippen molar-refractivity contribution in [3.8, 4) is 5.75 Å². The maximum absolute atomic E-state index is 12.6. The molecule has 0 aromatic heterocycles. The van der Waals surface area contributed by atoms with Gasteiger partial charge in [0.25, 0.3) is 0 Å². The van der Waals surface area contributed by atoms with Crippen molar-refractivity contribution in [2.75, 3.05) is 40.0 Å². The summed E-state index contributed by atoms with van der Waals surface area (Å²) in [6.45, 7) is 7.65. The minimum absolute atomic E-state index is 0.0810. The monoisotopic (exact) mass is 349 g/mol. The van der Waals surface area contributed by atoms with Gasteiger partial charge < -0.3 is 20.5 Å². The van der Waals surface area contributed by atoms with Crippen LogP contribution < -0.4 is 15.8 Å². The van der Waals surface area contributed by atoms with Gasteiger partial charge in [0.05, 0.1) is 18.7 Å². The van der Waals surface area contributed by atoms with E-state index in [4.69, 9.17) is 15.2 Å².